The first kappa shape index (κ1) is 23.2. The Hall–Kier alpha value is -3.92. The summed E-state index contributed by atoms with van der Waals surface area (Å²) >= 11 is 0. The number of fused-ring (bicyclic) bond motifs is 1. The zero-order valence-electron chi connectivity index (χ0n) is 21.9. The summed E-state index contributed by atoms with van der Waals surface area (Å²) in [7, 11) is 0. The van der Waals surface area contributed by atoms with Gasteiger partial charge >= 0.3 is 0 Å². The van der Waals surface area contributed by atoms with Gasteiger partial charge in [-0.15, -0.1) is 0 Å². The number of rotatable bonds is 3. The van der Waals surface area contributed by atoms with E-state index in [9.17, 15) is 15.2 Å². The highest BCUT2D eigenvalue weighted by Gasteiger charge is 2.55. The highest BCUT2D eigenvalue weighted by atomic mass is 16.3. The minimum absolute atomic E-state index is 0.0222. The van der Waals surface area contributed by atoms with Crippen molar-refractivity contribution in [1.29, 1.82) is 5.26 Å². The van der Waals surface area contributed by atoms with Crippen LogP contribution < -0.4 is 4.90 Å². The van der Waals surface area contributed by atoms with E-state index in [-0.39, 0.29) is 22.5 Å². The van der Waals surface area contributed by atoms with Gasteiger partial charge in [-0.2, -0.15) is 5.26 Å². The van der Waals surface area contributed by atoms with Crippen molar-refractivity contribution in [2.24, 2.45) is 16.7 Å². The molecule has 38 heavy (non-hydrogen) atoms. The molecule has 1 spiro atoms. The van der Waals surface area contributed by atoms with Crippen LogP contribution in [0.4, 0.5) is 5.82 Å². The molecule has 3 aliphatic carbocycles. The highest BCUT2D eigenvalue weighted by molar-refractivity contribution is 5.98. The van der Waals surface area contributed by atoms with Crippen LogP contribution in [0.25, 0.3) is 22.0 Å². The molecule has 1 N–H and O–H groups in total. The molecular formula is C31H31N5O2. The first-order valence-corrected chi connectivity index (χ1v) is 13.5. The third-order valence-electron chi connectivity index (χ3n) is 9.91. The molecule has 2 atom stereocenters. The molecule has 8 rings (SSSR count). The van der Waals surface area contributed by atoms with Crippen molar-refractivity contribution < 1.29 is 9.90 Å². The molecule has 0 unspecified atom stereocenters. The lowest BCUT2D eigenvalue weighted by atomic mass is 9.48. The average molecular weight is 506 g/mol. The highest BCUT2D eigenvalue weighted by Crippen LogP contribution is 2.63. The van der Waals surface area contributed by atoms with Gasteiger partial charge in [0.25, 0.3) is 0 Å². The molecule has 3 aromatic rings. The van der Waals surface area contributed by atoms with Gasteiger partial charge in [-0.3, -0.25) is 9.78 Å². The van der Waals surface area contributed by atoms with Gasteiger partial charge in [0.15, 0.2) is 0 Å². The summed E-state index contributed by atoms with van der Waals surface area (Å²) in [6, 6.07) is 9.83. The van der Waals surface area contributed by atoms with E-state index in [1.807, 2.05) is 17.0 Å². The van der Waals surface area contributed by atoms with Gasteiger partial charge in [0, 0.05) is 60.2 Å². The summed E-state index contributed by atoms with van der Waals surface area (Å²) in [5.41, 5.74) is 5.49. The maximum Gasteiger partial charge on any atom is 0.245 e. The number of carbonyl (C=O) groups is 1. The molecule has 2 aromatic heterocycles. The second-order valence-corrected chi connectivity index (χ2v) is 12.3. The van der Waals surface area contributed by atoms with Crippen LogP contribution >= 0.6 is 0 Å². The number of carbonyl (C=O) groups excluding carboxylic acids is 1. The van der Waals surface area contributed by atoms with E-state index < -0.39 is 0 Å². The molecule has 1 amide bonds. The SMILES string of the molecule is C=CC(=O)N1CC2(CCN(c3nc4c(c(-c5cc(O)cc6cccnc56)c3C#N)C[C@H]3C[C@@H]4C3(C)C)C2)C1. The Morgan fingerprint density at radius 3 is 2.84 bits per heavy atom. The van der Waals surface area contributed by atoms with Crippen molar-refractivity contribution in [2.75, 3.05) is 31.1 Å². The molecule has 3 fully saturated rings. The van der Waals surface area contributed by atoms with E-state index in [1.54, 1.807) is 18.3 Å². The number of likely N-dealkylation sites (tertiary alicyclic amines) is 1. The summed E-state index contributed by atoms with van der Waals surface area (Å²) < 4.78 is 0. The molecule has 7 nitrogen and oxygen atoms in total. The van der Waals surface area contributed by atoms with Gasteiger partial charge in [0.1, 0.15) is 23.2 Å². The van der Waals surface area contributed by atoms with Crippen LogP contribution in [0, 0.1) is 28.1 Å². The Kier molecular flexibility index (Phi) is 4.76. The Bertz CT molecular complexity index is 1580. The number of aromatic nitrogens is 2. The number of pyridine rings is 2. The van der Waals surface area contributed by atoms with Crippen LogP contribution in [0.15, 0.2) is 43.1 Å². The molecule has 2 bridgehead atoms. The van der Waals surface area contributed by atoms with Crippen molar-refractivity contribution in [3.8, 4) is 22.9 Å². The van der Waals surface area contributed by atoms with Crippen LogP contribution in [-0.2, 0) is 11.2 Å². The van der Waals surface area contributed by atoms with E-state index in [0.717, 1.165) is 71.5 Å². The minimum atomic E-state index is -0.0222. The number of hydrogen-bond acceptors (Lipinski definition) is 6. The van der Waals surface area contributed by atoms with Gasteiger partial charge in [-0.05, 0) is 60.4 Å². The Labute approximate surface area is 222 Å². The molecule has 5 aliphatic rings. The van der Waals surface area contributed by atoms with Crippen LogP contribution in [-0.4, -0.2) is 52.1 Å². The van der Waals surface area contributed by atoms with Gasteiger partial charge in [-0.25, -0.2) is 4.98 Å². The second-order valence-electron chi connectivity index (χ2n) is 12.3. The Balaban J connectivity index is 1.40. The zero-order chi connectivity index (χ0) is 26.4. The summed E-state index contributed by atoms with van der Waals surface area (Å²) in [4.78, 5) is 26.2. The topological polar surface area (TPSA) is 93.3 Å². The van der Waals surface area contributed by atoms with Crippen LogP contribution in [0.2, 0.25) is 0 Å². The number of nitriles is 1. The van der Waals surface area contributed by atoms with Crippen molar-refractivity contribution >= 4 is 22.6 Å². The van der Waals surface area contributed by atoms with E-state index in [1.165, 1.54) is 6.08 Å². The fourth-order valence-corrected chi connectivity index (χ4v) is 7.62. The number of hydrogen-bond donors (Lipinski definition) is 1. The van der Waals surface area contributed by atoms with Crippen molar-refractivity contribution in [2.45, 2.75) is 39.0 Å². The summed E-state index contributed by atoms with van der Waals surface area (Å²) in [6.07, 6.45) is 6.11. The third-order valence-corrected chi connectivity index (χ3v) is 9.91. The van der Waals surface area contributed by atoms with Crippen LogP contribution in [0.5, 0.6) is 5.75 Å². The lowest BCUT2D eigenvalue weighted by molar-refractivity contribution is -0.136. The molecule has 2 saturated heterocycles. The number of phenols is 1. The molecule has 0 radical (unpaired) electrons. The predicted molar refractivity (Wildman–Crippen MR) is 146 cm³/mol. The minimum Gasteiger partial charge on any atom is -0.508 e. The van der Waals surface area contributed by atoms with E-state index in [2.05, 4.69) is 36.4 Å². The standard InChI is InChI=1S/C31H31N5O2/c1-4-25(38)36-16-31(17-36)7-9-35(15-31)29-23(14-32)26(21-11-19-12-24(28(21)34-29)30(19,2)3)22-13-20(37)10-18-6-5-8-33-27(18)22/h4-6,8,10,13,19,24,37H,1,7,9,11-12,15-17H2,2-3H3/t19-,24-/m0/s1. The summed E-state index contributed by atoms with van der Waals surface area (Å²) in [5, 5.41) is 22.2. The number of anilines is 1. The number of amides is 1. The fourth-order valence-electron chi connectivity index (χ4n) is 7.62. The summed E-state index contributed by atoms with van der Waals surface area (Å²) in [5.74, 6) is 1.78. The number of aromatic hydroxyl groups is 1. The van der Waals surface area contributed by atoms with Crippen LogP contribution in [0.1, 0.15) is 49.4 Å². The maximum absolute atomic E-state index is 12.1. The molecular weight excluding hydrogens is 474 g/mol. The average Bonchev–Trinajstić information content (AvgIpc) is 3.35. The third kappa shape index (κ3) is 3.09. The quantitative estimate of drug-likeness (QED) is 0.515. The lowest BCUT2D eigenvalue weighted by Gasteiger charge is -2.57. The van der Waals surface area contributed by atoms with Crippen LogP contribution in [0.3, 0.4) is 0 Å². The van der Waals surface area contributed by atoms with E-state index in [4.69, 9.17) is 4.98 Å². The first-order valence-electron chi connectivity index (χ1n) is 13.5. The summed E-state index contributed by atoms with van der Waals surface area (Å²) in [6.45, 7) is 11.3. The predicted octanol–water partition coefficient (Wildman–Crippen LogP) is 4.78. The van der Waals surface area contributed by atoms with Crippen molar-refractivity contribution in [3.05, 3.63) is 59.9 Å². The van der Waals surface area contributed by atoms with Gasteiger partial charge in [-0.1, -0.05) is 26.5 Å². The monoisotopic (exact) mass is 505 g/mol. The molecule has 1 saturated carbocycles. The number of phenolic OH excluding ortho intramolecular Hbond substituents is 1. The van der Waals surface area contributed by atoms with E-state index >= 15 is 0 Å². The zero-order valence-corrected chi connectivity index (χ0v) is 21.9. The molecule has 4 heterocycles. The van der Waals surface area contributed by atoms with E-state index in [0.29, 0.717) is 30.5 Å². The normalized spacial score (nSPS) is 23.9. The second kappa shape index (κ2) is 7.80. The first-order chi connectivity index (χ1) is 18.2. The van der Waals surface area contributed by atoms with Gasteiger partial charge < -0.3 is 14.9 Å². The van der Waals surface area contributed by atoms with Crippen molar-refractivity contribution in [1.82, 2.24) is 14.9 Å². The maximum atomic E-state index is 12.1. The number of nitrogens with zero attached hydrogens (tertiary/aromatic N) is 5. The van der Waals surface area contributed by atoms with Gasteiger partial charge in [0.2, 0.25) is 5.91 Å². The van der Waals surface area contributed by atoms with Gasteiger partial charge in [0.05, 0.1) is 11.2 Å². The molecule has 7 heteroatoms. The smallest absolute Gasteiger partial charge is 0.245 e. The largest absolute Gasteiger partial charge is 0.508 e. The lowest BCUT2D eigenvalue weighted by Crippen LogP contribution is -2.59. The molecule has 2 aliphatic heterocycles. The number of benzene rings is 1. The molecule has 1 aromatic carbocycles. The van der Waals surface area contributed by atoms with Crippen molar-refractivity contribution in [3.63, 3.8) is 0 Å². The Morgan fingerprint density at radius 2 is 2.11 bits per heavy atom. The Morgan fingerprint density at radius 1 is 1.29 bits per heavy atom. The fraction of sp³-hybridized carbons (Fsp3) is 0.419. The molecule has 192 valence electrons.